The maximum atomic E-state index is 6.23. The molecule has 0 spiro atoms. The van der Waals surface area contributed by atoms with Crippen molar-refractivity contribution in [2.75, 3.05) is 0 Å². The summed E-state index contributed by atoms with van der Waals surface area (Å²) in [6, 6.07) is 63.2. The van der Waals surface area contributed by atoms with E-state index >= 15 is 0 Å². The molecule has 0 saturated heterocycles. The zero-order valence-electron chi connectivity index (χ0n) is 30.8. The molecular formula is C52H36N2OS. The number of rotatable bonds is 5. The molecule has 56 heavy (non-hydrogen) atoms. The summed E-state index contributed by atoms with van der Waals surface area (Å²) in [5.41, 5.74) is 13.6. The molecule has 2 aromatic heterocycles. The standard InChI is InChI=1S/C52H36N2OS/c1-32-29-44(35-23-21-34(22-24-35)33-11-3-2-4-12-33)53-52(54-51(32)43-16-10-20-48-50(43)42-14-6-8-19-47(42)56-48)39-28-26-36-30-38(27-25-37(36)31-39)40-15-9-18-46-49(40)41-13-5-7-17-45(41)55-46/h2-28,30-31,52,54H,29H2,1H3. The van der Waals surface area contributed by atoms with Crippen LogP contribution in [-0.4, -0.2) is 5.71 Å². The predicted molar refractivity (Wildman–Crippen MR) is 237 cm³/mol. The molecule has 11 rings (SSSR count). The first kappa shape index (κ1) is 32.7. The van der Waals surface area contributed by atoms with Gasteiger partial charge in [-0.25, -0.2) is 0 Å². The van der Waals surface area contributed by atoms with Gasteiger partial charge in [-0.05, 0) is 93.0 Å². The van der Waals surface area contributed by atoms with Gasteiger partial charge in [0.2, 0.25) is 0 Å². The summed E-state index contributed by atoms with van der Waals surface area (Å²) in [4.78, 5) is 5.56. The minimum absolute atomic E-state index is 0.290. The average molecular weight is 737 g/mol. The van der Waals surface area contributed by atoms with E-state index in [-0.39, 0.29) is 6.17 Å². The fourth-order valence-electron chi connectivity index (χ4n) is 8.56. The molecule has 0 fully saturated rings. The van der Waals surface area contributed by atoms with Crippen LogP contribution >= 0.6 is 11.3 Å². The molecule has 266 valence electrons. The molecule has 0 bridgehead atoms. The van der Waals surface area contributed by atoms with Gasteiger partial charge < -0.3 is 9.73 Å². The van der Waals surface area contributed by atoms with Gasteiger partial charge in [0.25, 0.3) is 0 Å². The number of para-hydroxylation sites is 1. The topological polar surface area (TPSA) is 37.5 Å². The van der Waals surface area contributed by atoms with Crippen molar-refractivity contribution in [2.45, 2.75) is 19.5 Å². The third-order valence-corrected chi connectivity index (χ3v) is 12.5. The summed E-state index contributed by atoms with van der Waals surface area (Å²) < 4.78 is 8.83. The number of nitrogens with zero attached hydrogens (tertiary/aromatic N) is 1. The van der Waals surface area contributed by atoms with Gasteiger partial charge in [0.05, 0.1) is 0 Å². The monoisotopic (exact) mass is 736 g/mol. The van der Waals surface area contributed by atoms with Crippen LogP contribution in [0.2, 0.25) is 0 Å². The SMILES string of the molecule is CC1=C(c2cccc3sc4ccccc4c23)NC(c2ccc3cc(-c4cccc5oc6ccccc6c45)ccc3c2)N=C(c2ccc(-c3ccccc3)cc2)C1. The summed E-state index contributed by atoms with van der Waals surface area (Å²) in [6.45, 7) is 2.26. The normalized spacial score (nSPS) is 14.8. The Bertz CT molecular complexity index is 3200. The van der Waals surface area contributed by atoms with E-state index in [4.69, 9.17) is 9.41 Å². The van der Waals surface area contributed by atoms with Crippen LogP contribution < -0.4 is 5.32 Å². The van der Waals surface area contributed by atoms with Gasteiger partial charge >= 0.3 is 0 Å². The Kier molecular flexibility index (Phi) is 7.71. The highest BCUT2D eigenvalue weighted by atomic mass is 32.1. The zero-order chi connectivity index (χ0) is 37.2. The second-order valence-electron chi connectivity index (χ2n) is 14.8. The smallest absolute Gasteiger partial charge is 0.145 e. The molecule has 0 amide bonds. The third kappa shape index (κ3) is 5.53. The number of furan rings is 1. The second kappa shape index (κ2) is 13.2. The molecule has 10 aromatic rings. The van der Waals surface area contributed by atoms with Crippen molar-refractivity contribution in [2.24, 2.45) is 4.99 Å². The van der Waals surface area contributed by atoms with Crippen LogP contribution in [0.4, 0.5) is 0 Å². The van der Waals surface area contributed by atoms with Gasteiger partial charge in [0, 0.05) is 54.3 Å². The van der Waals surface area contributed by atoms with Crippen LogP contribution in [0.1, 0.15) is 36.2 Å². The number of nitrogens with one attached hydrogen (secondary N) is 1. The minimum Gasteiger partial charge on any atom is -0.456 e. The Morgan fingerprint density at radius 1 is 0.536 bits per heavy atom. The van der Waals surface area contributed by atoms with Crippen molar-refractivity contribution >= 4 is 75.6 Å². The summed E-state index contributed by atoms with van der Waals surface area (Å²) >= 11 is 1.86. The lowest BCUT2D eigenvalue weighted by Crippen LogP contribution is -2.19. The van der Waals surface area contributed by atoms with Crippen LogP contribution in [-0.2, 0) is 0 Å². The van der Waals surface area contributed by atoms with Gasteiger partial charge in [-0.3, -0.25) is 4.99 Å². The molecule has 1 unspecified atom stereocenters. The van der Waals surface area contributed by atoms with Gasteiger partial charge in [-0.2, -0.15) is 0 Å². The second-order valence-corrected chi connectivity index (χ2v) is 15.9. The van der Waals surface area contributed by atoms with Crippen molar-refractivity contribution in [3.05, 3.63) is 198 Å². The molecule has 8 aromatic carbocycles. The van der Waals surface area contributed by atoms with Crippen molar-refractivity contribution < 1.29 is 4.42 Å². The molecule has 4 heteroatoms. The maximum absolute atomic E-state index is 6.23. The van der Waals surface area contributed by atoms with Crippen LogP contribution in [0.25, 0.3) is 80.8 Å². The van der Waals surface area contributed by atoms with E-state index in [1.807, 2.05) is 23.5 Å². The molecule has 3 nitrogen and oxygen atoms in total. The molecule has 3 heterocycles. The van der Waals surface area contributed by atoms with E-state index in [1.54, 1.807) is 0 Å². The molecule has 1 atom stereocenters. The van der Waals surface area contributed by atoms with E-state index < -0.39 is 0 Å². The predicted octanol–water partition coefficient (Wildman–Crippen LogP) is 14.4. The van der Waals surface area contributed by atoms with E-state index in [0.717, 1.165) is 50.9 Å². The van der Waals surface area contributed by atoms with E-state index in [1.165, 1.54) is 64.3 Å². The Hall–Kier alpha value is -6.75. The summed E-state index contributed by atoms with van der Waals surface area (Å²) in [5.74, 6) is 0. The van der Waals surface area contributed by atoms with Crippen LogP contribution in [0.5, 0.6) is 0 Å². The Morgan fingerprint density at radius 3 is 2.09 bits per heavy atom. The minimum atomic E-state index is -0.290. The number of fused-ring (bicyclic) bond motifs is 7. The van der Waals surface area contributed by atoms with Crippen LogP contribution in [0, 0.1) is 0 Å². The van der Waals surface area contributed by atoms with Crippen molar-refractivity contribution in [1.82, 2.24) is 5.32 Å². The highest BCUT2D eigenvalue weighted by Gasteiger charge is 2.24. The molecule has 0 aliphatic carbocycles. The Labute approximate surface area is 328 Å². The molecule has 1 N–H and O–H groups in total. The third-order valence-electron chi connectivity index (χ3n) is 11.3. The van der Waals surface area contributed by atoms with E-state index in [0.29, 0.717) is 0 Å². The van der Waals surface area contributed by atoms with E-state index in [2.05, 4.69) is 176 Å². The van der Waals surface area contributed by atoms with Crippen molar-refractivity contribution in [3.63, 3.8) is 0 Å². The number of allylic oxidation sites excluding steroid dienone is 1. The lowest BCUT2D eigenvalue weighted by Gasteiger charge is -2.20. The number of hydrogen-bond donors (Lipinski definition) is 1. The van der Waals surface area contributed by atoms with Crippen LogP contribution in [0.3, 0.4) is 0 Å². The quantitative estimate of drug-likeness (QED) is 0.191. The molecule has 0 radical (unpaired) electrons. The number of aliphatic imine (C=N–C) groups is 1. The Balaban J connectivity index is 1.03. The summed E-state index contributed by atoms with van der Waals surface area (Å²) in [7, 11) is 0. The molecular weight excluding hydrogens is 701 g/mol. The first-order chi connectivity index (χ1) is 27.6. The van der Waals surface area contributed by atoms with Gasteiger partial charge in [0.15, 0.2) is 0 Å². The summed E-state index contributed by atoms with van der Waals surface area (Å²) in [6.07, 6.45) is 0.453. The highest BCUT2D eigenvalue weighted by molar-refractivity contribution is 7.25. The van der Waals surface area contributed by atoms with Crippen LogP contribution in [0.15, 0.2) is 191 Å². The molecule has 1 aliphatic heterocycles. The van der Waals surface area contributed by atoms with Crippen molar-refractivity contribution in [3.8, 4) is 22.3 Å². The zero-order valence-corrected chi connectivity index (χ0v) is 31.6. The van der Waals surface area contributed by atoms with Gasteiger partial charge in [-0.1, -0.05) is 140 Å². The van der Waals surface area contributed by atoms with Gasteiger partial charge in [0.1, 0.15) is 17.3 Å². The number of thiophene rings is 1. The fraction of sp³-hybridized carbons (Fsp3) is 0.0577. The molecule has 1 aliphatic rings. The Morgan fingerprint density at radius 2 is 1.20 bits per heavy atom. The molecule has 0 saturated carbocycles. The summed E-state index contributed by atoms with van der Waals surface area (Å²) in [5, 5.41) is 11.3. The first-order valence-electron chi connectivity index (χ1n) is 19.2. The number of hydrogen-bond acceptors (Lipinski definition) is 4. The highest BCUT2D eigenvalue weighted by Crippen LogP contribution is 2.41. The van der Waals surface area contributed by atoms with Crippen molar-refractivity contribution in [1.29, 1.82) is 0 Å². The van der Waals surface area contributed by atoms with Gasteiger partial charge in [-0.15, -0.1) is 11.3 Å². The first-order valence-corrected chi connectivity index (χ1v) is 20.0. The lowest BCUT2D eigenvalue weighted by molar-refractivity contribution is 0.669. The average Bonchev–Trinajstić information content (AvgIpc) is 3.78. The fourth-order valence-corrected chi connectivity index (χ4v) is 9.69. The lowest BCUT2D eigenvalue weighted by atomic mass is 9.95. The maximum Gasteiger partial charge on any atom is 0.145 e. The largest absolute Gasteiger partial charge is 0.456 e. The van der Waals surface area contributed by atoms with E-state index in [9.17, 15) is 0 Å². The number of benzene rings is 8.